The van der Waals surface area contributed by atoms with E-state index in [1.165, 1.54) is 22.7 Å². The van der Waals surface area contributed by atoms with Crippen molar-refractivity contribution in [2.75, 3.05) is 0 Å². The molecule has 10 aromatic rings. The Hall–Kier alpha value is -6.72. The van der Waals surface area contributed by atoms with Crippen LogP contribution in [0.4, 0.5) is 10.3 Å². The fourth-order valence-corrected chi connectivity index (χ4v) is 9.55. The van der Waals surface area contributed by atoms with Gasteiger partial charge in [0.1, 0.15) is 0 Å². The summed E-state index contributed by atoms with van der Waals surface area (Å²) in [6.07, 6.45) is 7.07. The molecule has 0 N–H and O–H groups in total. The number of sulfonamides is 2. The Morgan fingerprint density at radius 2 is 0.677 bits per heavy atom. The molecule has 0 unspecified atom stereocenters. The molecule has 0 aliphatic heterocycles. The summed E-state index contributed by atoms with van der Waals surface area (Å²) in [5.41, 5.74) is 7.19. The largest absolute Gasteiger partial charge is 2.00 e. The number of hydrogen-bond donors (Lipinski definition) is 0. The van der Waals surface area contributed by atoms with Crippen LogP contribution in [0.5, 0.6) is 0 Å². The van der Waals surface area contributed by atoms with E-state index in [-0.39, 0.29) is 37.1 Å². The molecule has 0 saturated heterocycles. The number of para-hydroxylation sites is 2. The van der Waals surface area contributed by atoms with Crippen LogP contribution in [0.2, 0.25) is 0 Å². The number of benzene rings is 4. The van der Waals surface area contributed by atoms with Crippen molar-refractivity contribution in [1.29, 1.82) is 0 Å². The quantitative estimate of drug-likeness (QED) is 0.133. The van der Waals surface area contributed by atoms with E-state index in [0.717, 1.165) is 54.3 Å². The fourth-order valence-electron chi connectivity index (χ4n) is 5.59. The number of fused-ring (bicyclic) bond motifs is 2. The maximum atomic E-state index is 12.2. The SMILES string of the molecule is Cc1ccc(S(=O)(=O)[N-]c2nc3ccccc3s2)cc1.Cc1ccc(S(=O)(=O)[N-]c2nc3ccccc3s2)cc1.[Cu+2].c1ccc(-c2ccccn2)nc1.c1ccc(-c2ccccn2)nc1. The molecule has 0 spiro atoms. The van der Waals surface area contributed by atoms with Crippen LogP contribution in [-0.2, 0) is 37.1 Å². The Balaban J connectivity index is 0.000000147. The molecule has 17 heteroatoms. The smallest absolute Gasteiger partial charge is 0.426 e. The third-order valence-electron chi connectivity index (χ3n) is 8.78. The molecule has 0 saturated carbocycles. The molecule has 10 rings (SSSR count). The van der Waals surface area contributed by atoms with Crippen molar-refractivity contribution in [3.8, 4) is 22.8 Å². The average Bonchev–Trinajstić information content (AvgIpc) is 3.93. The van der Waals surface area contributed by atoms with E-state index in [1.807, 2.05) is 135 Å². The van der Waals surface area contributed by atoms with Gasteiger partial charge in [-0.2, -0.15) is 0 Å². The van der Waals surface area contributed by atoms with Crippen molar-refractivity contribution in [2.24, 2.45) is 0 Å². The van der Waals surface area contributed by atoms with Gasteiger partial charge < -0.3 is 19.4 Å². The predicted molar refractivity (Wildman–Crippen MR) is 257 cm³/mol. The number of aromatic nitrogens is 6. The Morgan fingerprint density at radius 3 is 0.954 bits per heavy atom. The summed E-state index contributed by atoms with van der Waals surface area (Å²) < 4.78 is 58.2. The molecular weight excluding hydrogens is 944 g/mol. The van der Waals surface area contributed by atoms with E-state index in [1.54, 1.807) is 73.3 Å². The van der Waals surface area contributed by atoms with Crippen molar-refractivity contribution >= 4 is 73.4 Å². The minimum absolute atomic E-state index is 0. The summed E-state index contributed by atoms with van der Waals surface area (Å²) in [5, 5.41) is 0.513. The molecule has 6 aromatic heterocycles. The predicted octanol–water partition coefficient (Wildman–Crippen LogP) is 12.3. The van der Waals surface area contributed by atoms with Gasteiger partial charge in [-0.25, -0.2) is 16.8 Å². The zero-order valence-electron chi connectivity index (χ0n) is 34.6. The summed E-state index contributed by atoms with van der Waals surface area (Å²) in [7, 11) is -7.41. The van der Waals surface area contributed by atoms with E-state index >= 15 is 0 Å². The molecule has 12 nitrogen and oxygen atoms in total. The molecule has 4 aromatic carbocycles. The van der Waals surface area contributed by atoms with Crippen LogP contribution < -0.4 is 0 Å². The van der Waals surface area contributed by atoms with Crippen LogP contribution >= 0.6 is 22.7 Å². The summed E-state index contributed by atoms with van der Waals surface area (Å²) in [6, 6.07) is 51.4. The minimum atomic E-state index is -3.70. The van der Waals surface area contributed by atoms with E-state index in [4.69, 9.17) is 0 Å². The van der Waals surface area contributed by atoms with Crippen LogP contribution in [0.1, 0.15) is 11.1 Å². The second-order valence-electron chi connectivity index (χ2n) is 13.5. The zero-order valence-corrected chi connectivity index (χ0v) is 38.8. The summed E-state index contributed by atoms with van der Waals surface area (Å²) in [4.78, 5) is 25.5. The van der Waals surface area contributed by atoms with E-state index in [2.05, 4.69) is 39.3 Å². The second kappa shape index (κ2) is 22.8. The Kier molecular flexibility index (Phi) is 16.7. The molecule has 0 amide bonds. The van der Waals surface area contributed by atoms with Gasteiger partial charge in [0.05, 0.1) is 32.6 Å². The van der Waals surface area contributed by atoms with E-state index < -0.39 is 20.0 Å². The van der Waals surface area contributed by atoms with Crippen LogP contribution in [0.25, 0.3) is 52.7 Å². The van der Waals surface area contributed by atoms with Crippen LogP contribution in [0, 0.1) is 13.8 Å². The molecule has 1 radical (unpaired) electrons. The van der Waals surface area contributed by atoms with Gasteiger partial charge in [-0.15, -0.1) is 22.7 Å². The van der Waals surface area contributed by atoms with Crippen molar-refractivity contribution in [2.45, 2.75) is 23.6 Å². The Bertz CT molecular complexity index is 2900. The average molecular weight is 983 g/mol. The third-order valence-corrected chi connectivity index (χ3v) is 13.4. The molecule has 0 aliphatic carbocycles. The number of pyridine rings is 4. The standard InChI is InChI=1S/2C14H11N2O2S2.2C10H8N2.Cu/c2*1-10-6-8-11(9-7-10)20(17,18)16-14-15-12-4-2-3-5-13(12)19-14;2*1-3-7-11-9(5-1)10-6-2-4-8-12-10;/h2*2-9H,1H3;2*1-8H;/q2*-1;;;+2. The molecule has 65 heavy (non-hydrogen) atoms. The van der Waals surface area contributed by atoms with Gasteiger partial charge in [-0.1, -0.05) is 96.1 Å². The Morgan fingerprint density at radius 1 is 0.385 bits per heavy atom. The van der Waals surface area contributed by atoms with E-state index in [0.29, 0.717) is 0 Å². The van der Waals surface area contributed by atoms with Gasteiger partial charge in [0, 0.05) is 44.5 Å². The van der Waals surface area contributed by atoms with Gasteiger partial charge in [-0.05, 0) is 110 Å². The fraction of sp³-hybridized carbons (Fsp3) is 0.0417. The van der Waals surface area contributed by atoms with Gasteiger partial charge >= 0.3 is 17.1 Å². The van der Waals surface area contributed by atoms with Gasteiger partial charge in [0.25, 0.3) is 0 Å². The summed E-state index contributed by atoms with van der Waals surface area (Å²) >= 11 is 2.53. The maximum absolute atomic E-state index is 12.2. The summed E-state index contributed by atoms with van der Waals surface area (Å²) in [5.74, 6) is 0. The van der Waals surface area contributed by atoms with Crippen molar-refractivity contribution in [3.05, 3.63) is 215 Å². The second-order valence-corrected chi connectivity index (χ2v) is 18.8. The topological polar surface area (TPSA) is 174 Å². The number of thiazole rings is 2. The van der Waals surface area contributed by atoms with Gasteiger partial charge in [0.15, 0.2) is 0 Å². The number of hydrogen-bond acceptors (Lipinski definition) is 12. The molecule has 0 fully saturated rings. The molecule has 329 valence electrons. The monoisotopic (exact) mass is 981 g/mol. The van der Waals surface area contributed by atoms with Crippen LogP contribution in [0.3, 0.4) is 0 Å². The molecule has 0 aliphatic rings. The van der Waals surface area contributed by atoms with Crippen LogP contribution in [-0.4, -0.2) is 46.7 Å². The van der Waals surface area contributed by atoms with Gasteiger partial charge in [0.2, 0.25) is 20.0 Å². The number of nitrogens with zero attached hydrogens (tertiary/aromatic N) is 8. The van der Waals surface area contributed by atoms with Gasteiger partial charge in [-0.3, -0.25) is 19.9 Å². The molecule has 0 atom stereocenters. The first-order valence-corrected chi connectivity index (χ1v) is 24.0. The minimum Gasteiger partial charge on any atom is -0.426 e. The van der Waals surface area contributed by atoms with E-state index in [9.17, 15) is 16.8 Å². The summed E-state index contributed by atoms with van der Waals surface area (Å²) in [6.45, 7) is 3.81. The van der Waals surface area contributed by atoms with Crippen molar-refractivity contribution in [3.63, 3.8) is 0 Å². The maximum Gasteiger partial charge on any atom is 2.00 e. The first-order chi connectivity index (χ1) is 31.0. The van der Waals surface area contributed by atoms with Crippen molar-refractivity contribution < 1.29 is 33.9 Å². The first-order valence-electron chi connectivity index (χ1n) is 19.5. The normalized spacial score (nSPS) is 10.7. The zero-order chi connectivity index (χ0) is 44.8. The third kappa shape index (κ3) is 13.6. The van der Waals surface area contributed by atoms with Crippen molar-refractivity contribution in [1.82, 2.24) is 29.9 Å². The molecule has 0 bridgehead atoms. The molecule has 6 heterocycles. The first kappa shape index (κ1) is 47.8. The Labute approximate surface area is 396 Å². The molecular formula is C48H38CuN8O4S4. The number of aryl methyl sites for hydroxylation is 2. The van der Waals surface area contributed by atoms with Crippen LogP contribution in [0.15, 0.2) is 204 Å². The number of rotatable bonds is 8.